The number of carbonyl (C=O) groups excluding carboxylic acids is 2. The Labute approximate surface area is 230 Å². The molecule has 0 saturated carbocycles. The van der Waals surface area contributed by atoms with E-state index < -0.39 is 28.0 Å². The number of amides is 1. The van der Waals surface area contributed by atoms with Crippen molar-refractivity contribution in [2.75, 3.05) is 10.0 Å². The second-order valence-electron chi connectivity index (χ2n) is 8.82. The van der Waals surface area contributed by atoms with Gasteiger partial charge in [0, 0.05) is 17.4 Å². The molecule has 3 N–H and O–H groups in total. The molecule has 5 aromatic rings. The molecule has 1 unspecified atom stereocenters. The van der Waals surface area contributed by atoms with Gasteiger partial charge in [-0.3, -0.25) is 9.52 Å². The molecular formula is C29H25N5O5S. The van der Waals surface area contributed by atoms with Gasteiger partial charge in [-0.05, 0) is 61.0 Å². The molecule has 0 bridgehead atoms. The Balaban J connectivity index is 1.23. The smallest absolute Gasteiger partial charge is 0.338 e. The van der Waals surface area contributed by atoms with E-state index in [1.807, 2.05) is 30.3 Å². The normalized spacial score (nSPS) is 12.0. The number of aromatic nitrogens is 3. The standard InChI is InChI=1S/C29H25N5O5S/c1-2-25(28(35)31-21-12-14-22(15-13-21)40(37,38)34-26-10-6-7-17-30-26)39-29(36)20-11-16-23-24(18-20)33-27(32-23)19-8-4-3-5-9-19/h3-18,25H,2H2,1H3,(H,30,34)(H,31,35)(H,32,33). The molecule has 0 aliphatic heterocycles. The van der Waals surface area contributed by atoms with Crippen molar-refractivity contribution in [1.29, 1.82) is 0 Å². The van der Waals surface area contributed by atoms with E-state index in [9.17, 15) is 18.0 Å². The van der Waals surface area contributed by atoms with Gasteiger partial charge in [-0.25, -0.2) is 23.2 Å². The topological polar surface area (TPSA) is 143 Å². The lowest BCUT2D eigenvalue weighted by Gasteiger charge is -2.16. The summed E-state index contributed by atoms with van der Waals surface area (Å²) in [7, 11) is -3.86. The van der Waals surface area contributed by atoms with Crippen LogP contribution in [-0.2, 0) is 19.6 Å². The minimum absolute atomic E-state index is 0.000702. The number of anilines is 2. The Morgan fingerprint density at radius 2 is 1.70 bits per heavy atom. The molecule has 1 atom stereocenters. The van der Waals surface area contributed by atoms with Crippen LogP contribution < -0.4 is 10.0 Å². The van der Waals surface area contributed by atoms with E-state index in [1.54, 1.807) is 37.3 Å². The van der Waals surface area contributed by atoms with Crippen molar-refractivity contribution >= 4 is 44.4 Å². The Hall–Kier alpha value is -5.03. The van der Waals surface area contributed by atoms with Gasteiger partial charge in [-0.15, -0.1) is 0 Å². The first-order chi connectivity index (χ1) is 19.3. The molecule has 3 aromatic carbocycles. The van der Waals surface area contributed by atoms with Gasteiger partial charge in [0.2, 0.25) is 0 Å². The predicted octanol–water partition coefficient (Wildman–Crippen LogP) is 5.00. The van der Waals surface area contributed by atoms with Crippen LogP contribution in [0.1, 0.15) is 23.7 Å². The molecule has 11 heteroatoms. The van der Waals surface area contributed by atoms with Crippen molar-refractivity contribution in [1.82, 2.24) is 15.0 Å². The lowest BCUT2D eigenvalue weighted by Crippen LogP contribution is -2.32. The van der Waals surface area contributed by atoms with Crippen LogP contribution in [0.25, 0.3) is 22.4 Å². The highest BCUT2D eigenvalue weighted by Gasteiger charge is 2.23. The quantitative estimate of drug-likeness (QED) is 0.217. The molecule has 1 amide bonds. The van der Waals surface area contributed by atoms with E-state index in [-0.39, 0.29) is 22.7 Å². The number of hydrogen-bond donors (Lipinski definition) is 3. The predicted molar refractivity (Wildman–Crippen MR) is 151 cm³/mol. The molecule has 0 aliphatic carbocycles. The average molecular weight is 556 g/mol. The number of fused-ring (bicyclic) bond motifs is 1. The third-order valence-electron chi connectivity index (χ3n) is 6.01. The van der Waals surface area contributed by atoms with E-state index in [2.05, 4.69) is 25.0 Å². The molecule has 2 aromatic heterocycles. The summed E-state index contributed by atoms with van der Waals surface area (Å²) in [6, 6.07) is 25.1. The number of esters is 1. The van der Waals surface area contributed by atoms with E-state index in [0.29, 0.717) is 22.5 Å². The summed E-state index contributed by atoms with van der Waals surface area (Å²) < 4.78 is 33.1. The molecule has 202 valence electrons. The van der Waals surface area contributed by atoms with Crippen LogP contribution in [0.2, 0.25) is 0 Å². The van der Waals surface area contributed by atoms with Crippen LogP contribution in [-0.4, -0.2) is 41.4 Å². The van der Waals surface area contributed by atoms with E-state index in [4.69, 9.17) is 4.74 Å². The summed E-state index contributed by atoms with van der Waals surface area (Å²) in [5, 5.41) is 2.67. The molecule has 10 nitrogen and oxygen atoms in total. The first-order valence-corrected chi connectivity index (χ1v) is 13.9. The third-order valence-corrected chi connectivity index (χ3v) is 7.38. The summed E-state index contributed by atoms with van der Waals surface area (Å²) in [5.74, 6) is -0.317. The van der Waals surface area contributed by atoms with Crippen LogP contribution in [0.3, 0.4) is 0 Å². The average Bonchev–Trinajstić information content (AvgIpc) is 3.40. The molecule has 0 fully saturated rings. The van der Waals surface area contributed by atoms with Crippen LogP contribution in [0.15, 0.2) is 102 Å². The zero-order valence-electron chi connectivity index (χ0n) is 21.4. The van der Waals surface area contributed by atoms with Gasteiger partial charge < -0.3 is 15.0 Å². The van der Waals surface area contributed by atoms with Crippen LogP contribution >= 0.6 is 0 Å². The fourth-order valence-electron chi connectivity index (χ4n) is 3.95. The monoisotopic (exact) mass is 555 g/mol. The molecule has 40 heavy (non-hydrogen) atoms. The zero-order valence-corrected chi connectivity index (χ0v) is 22.2. The molecule has 5 rings (SSSR count). The van der Waals surface area contributed by atoms with Gasteiger partial charge in [-0.1, -0.05) is 43.3 Å². The summed E-state index contributed by atoms with van der Waals surface area (Å²) in [6.07, 6.45) is 0.659. The van der Waals surface area contributed by atoms with Crippen molar-refractivity contribution in [3.63, 3.8) is 0 Å². The lowest BCUT2D eigenvalue weighted by atomic mass is 10.2. The fourth-order valence-corrected chi connectivity index (χ4v) is 4.96. The summed E-state index contributed by atoms with van der Waals surface area (Å²) in [4.78, 5) is 37.5. The molecule has 0 radical (unpaired) electrons. The minimum Gasteiger partial charge on any atom is -0.449 e. The third kappa shape index (κ3) is 6.00. The molecule has 0 saturated heterocycles. The number of sulfonamides is 1. The van der Waals surface area contributed by atoms with Crippen LogP contribution in [0, 0.1) is 0 Å². The van der Waals surface area contributed by atoms with Gasteiger partial charge in [0.1, 0.15) is 11.6 Å². The first-order valence-electron chi connectivity index (χ1n) is 12.4. The number of benzene rings is 3. The van der Waals surface area contributed by atoms with Crippen molar-refractivity contribution in [3.05, 3.63) is 103 Å². The molecule has 0 aliphatic rings. The minimum atomic E-state index is -3.86. The van der Waals surface area contributed by atoms with Crippen molar-refractivity contribution < 1.29 is 22.7 Å². The number of rotatable bonds is 9. The number of nitrogens with one attached hydrogen (secondary N) is 3. The Kier molecular flexibility index (Phi) is 7.56. The first kappa shape index (κ1) is 26.6. The molecule has 2 heterocycles. The van der Waals surface area contributed by atoms with Gasteiger partial charge >= 0.3 is 5.97 Å². The number of nitrogens with zero attached hydrogens (tertiary/aromatic N) is 2. The van der Waals surface area contributed by atoms with E-state index in [1.165, 1.54) is 36.5 Å². The number of imidazole rings is 1. The highest BCUT2D eigenvalue weighted by atomic mass is 32.2. The Morgan fingerprint density at radius 1 is 0.950 bits per heavy atom. The highest BCUT2D eigenvalue weighted by Crippen LogP contribution is 2.22. The number of carbonyl (C=O) groups is 2. The van der Waals surface area contributed by atoms with Crippen molar-refractivity contribution in [2.45, 2.75) is 24.3 Å². The summed E-state index contributed by atoms with van der Waals surface area (Å²) in [5.41, 5.74) is 2.90. The van der Waals surface area contributed by atoms with Gasteiger partial charge in [0.05, 0.1) is 21.5 Å². The number of ether oxygens (including phenoxy) is 1. The maximum absolute atomic E-state index is 12.9. The Bertz CT molecular complexity index is 1760. The van der Waals surface area contributed by atoms with Gasteiger partial charge in [0.25, 0.3) is 15.9 Å². The van der Waals surface area contributed by atoms with Crippen LogP contribution in [0.5, 0.6) is 0 Å². The second kappa shape index (κ2) is 11.4. The van der Waals surface area contributed by atoms with Crippen molar-refractivity contribution in [3.8, 4) is 11.4 Å². The maximum Gasteiger partial charge on any atom is 0.338 e. The van der Waals surface area contributed by atoms with Crippen molar-refractivity contribution in [2.24, 2.45) is 0 Å². The number of pyridine rings is 1. The van der Waals surface area contributed by atoms with Crippen LogP contribution in [0.4, 0.5) is 11.5 Å². The lowest BCUT2D eigenvalue weighted by molar-refractivity contribution is -0.124. The fraction of sp³-hybridized carbons (Fsp3) is 0.103. The van der Waals surface area contributed by atoms with E-state index >= 15 is 0 Å². The van der Waals surface area contributed by atoms with Gasteiger partial charge in [-0.2, -0.15) is 0 Å². The number of hydrogen-bond acceptors (Lipinski definition) is 7. The largest absolute Gasteiger partial charge is 0.449 e. The summed E-state index contributed by atoms with van der Waals surface area (Å²) >= 11 is 0. The molecule has 0 spiro atoms. The highest BCUT2D eigenvalue weighted by molar-refractivity contribution is 7.92. The number of aromatic amines is 1. The SMILES string of the molecule is CCC(OC(=O)c1ccc2nc(-c3ccccc3)[nH]c2c1)C(=O)Nc1ccc(S(=O)(=O)Nc2ccccn2)cc1. The molecular weight excluding hydrogens is 530 g/mol. The maximum atomic E-state index is 12.9. The second-order valence-corrected chi connectivity index (χ2v) is 10.5. The Morgan fingerprint density at radius 3 is 2.40 bits per heavy atom. The number of H-pyrrole nitrogens is 1. The van der Waals surface area contributed by atoms with E-state index in [0.717, 1.165) is 5.56 Å². The summed E-state index contributed by atoms with van der Waals surface area (Å²) in [6.45, 7) is 1.72. The zero-order chi connectivity index (χ0) is 28.1. The van der Waals surface area contributed by atoms with Gasteiger partial charge in [0.15, 0.2) is 6.10 Å².